The van der Waals surface area contributed by atoms with E-state index in [0.717, 1.165) is 22.3 Å². The van der Waals surface area contributed by atoms with Gasteiger partial charge in [-0.3, -0.25) is 0 Å². The molecule has 2 rings (SSSR count). The van der Waals surface area contributed by atoms with E-state index in [4.69, 9.17) is 10.5 Å². The number of rotatable bonds is 3. The van der Waals surface area contributed by atoms with Crippen molar-refractivity contribution in [2.24, 2.45) is 10.8 Å². The largest absolute Gasteiger partial charge is 0.497 e. The van der Waals surface area contributed by atoms with Gasteiger partial charge in [-0.25, -0.2) is 0 Å². The molecule has 0 spiro atoms. The van der Waals surface area contributed by atoms with Crippen LogP contribution in [0.1, 0.15) is 0 Å². The molecule has 5 nitrogen and oxygen atoms in total. The number of halogens is 1. The molecule has 0 atom stereocenters. The standard InChI is InChI=1S/C12H15N4OS.HI/c1-16(15-12(13)18-3)11-7-14-10-5-4-8(17-2)6-9(10)11;/h4-7,14H,1H2,2-3H3,(H2,13,15);1H/q+1;. The Bertz CT molecular complexity index is 623. The third-order valence-electron chi connectivity index (χ3n) is 2.57. The fourth-order valence-electron chi connectivity index (χ4n) is 1.64. The minimum Gasteiger partial charge on any atom is -0.497 e. The Labute approximate surface area is 132 Å². The maximum Gasteiger partial charge on any atom is 0.262 e. The van der Waals surface area contributed by atoms with Crippen LogP contribution in [0.2, 0.25) is 0 Å². The van der Waals surface area contributed by atoms with Crippen molar-refractivity contribution in [1.82, 2.24) is 4.98 Å². The van der Waals surface area contributed by atoms with Gasteiger partial charge in [0, 0.05) is 5.10 Å². The number of hydrogen-bond donors (Lipinski definition) is 2. The first-order valence-electron chi connectivity index (χ1n) is 5.29. The number of H-pyrrole nitrogens is 1. The first kappa shape index (κ1) is 15.8. The van der Waals surface area contributed by atoms with E-state index >= 15 is 0 Å². The molecule has 0 amide bonds. The van der Waals surface area contributed by atoms with Gasteiger partial charge in [-0.05, 0) is 24.5 Å². The van der Waals surface area contributed by atoms with Gasteiger partial charge in [0.25, 0.3) is 5.69 Å². The number of nitrogens with one attached hydrogen (secondary N) is 1. The van der Waals surface area contributed by atoms with E-state index in [-0.39, 0.29) is 24.0 Å². The van der Waals surface area contributed by atoms with E-state index in [1.54, 1.807) is 7.11 Å². The summed E-state index contributed by atoms with van der Waals surface area (Å²) in [5, 5.41) is 5.61. The molecule has 0 aliphatic rings. The fraction of sp³-hybridized carbons (Fsp3) is 0.167. The monoisotopic (exact) mass is 391 g/mol. The topological polar surface area (TPSA) is 66.4 Å². The van der Waals surface area contributed by atoms with E-state index in [1.807, 2.05) is 30.7 Å². The number of fused-ring (bicyclic) bond motifs is 1. The number of nitrogens with zero attached hydrogens (tertiary/aromatic N) is 2. The molecule has 102 valence electrons. The SMILES string of the molecule is C=[N+](N=C(N)SC)c1c[nH]c2ccc(OC)cc12.I. The van der Waals surface area contributed by atoms with Crippen LogP contribution in [0, 0.1) is 0 Å². The molecule has 0 radical (unpaired) electrons. The molecule has 0 fully saturated rings. The van der Waals surface area contributed by atoms with Gasteiger partial charge in [0.05, 0.1) is 24.2 Å². The number of methoxy groups -OCH3 is 1. The Morgan fingerprint density at radius 2 is 2.26 bits per heavy atom. The van der Waals surface area contributed by atoms with E-state index in [0.29, 0.717) is 5.17 Å². The lowest BCUT2D eigenvalue weighted by molar-refractivity contribution is -0.433. The third-order valence-corrected chi connectivity index (χ3v) is 3.07. The van der Waals surface area contributed by atoms with Crippen molar-refractivity contribution in [2.45, 2.75) is 0 Å². The Morgan fingerprint density at radius 1 is 1.53 bits per heavy atom. The molecule has 0 saturated heterocycles. The van der Waals surface area contributed by atoms with Crippen molar-refractivity contribution in [3.8, 4) is 5.75 Å². The quantitative estimate of drug-likeness (QED) is 0.278. The van der Waals surface area contributed by atoms with Crippen LogP contribution in [0.5, 0.6) is 5.75 Å². The molecule has 0 aliphatic heterocycles. The molecule has 1 aromatic heterocycles. The zero-order chi connectivity index (χ0) is 13.1. The van der Waals surface area contributed by atoms with E-state index in [9.17, 15) is 0 Å². The van der Waals surface area contributed by atoms with Crippen molar-refractivity contribution >= 4 is 64.2 Å². The molecule has 0 aliphatic carbocycles. The first-order valence-corrected chi connectivity index (χ1v) is 6.52. The second-order valence-corrected chi connectivity index (χ2v) is 4.45. The van der Waals surface area contributed by atoms with Crippen molar-refractivity contribution in [1.29, 1.82) is 0 Å². The predicted molar refractivity (Wildman–Crippen MR) is 92.4 cm³/mol. The number of nitrogens with two attached hydrogens (primary N) is 1. The van der Waals surface area contributed by atoms with Gasteiger partial charge >= 0.3 is 0 Å². The fourth-order valence-corrected chi connectivity index (χ4v) is 1.82. The number of aromatic amines is 1. The summed E-state index contributed by atoms with van der Waals surface area (Å²) in [6, 6.07) is 5.78. The van der Waals surface area contributed by atoms with Crippen LogP contribution < -0.4 is 10.5 Å². The highest BCUT2D eigenvalue weighted by Gasteiger charge is 2.15. The Balaban J connectivity index is 0.00000180. The number of hydrogen-bond acceptors (Lipinski definition) is 3. The Morgan fingerprint density at radius 3 is 2.89 bits per heavy atom. The number of amidine groups is 1. The summed E-state index contributed by atoms with van der Waals surface area (Å²) in [6.07, 6.45) is 3.71. The summed E-state index contributed by atoms with van der Waals surface area (Å²) in [7, 11) is 1.64. The van der Waals surface area contributed by atoms with Crippen LogP contribution in [0.25, 0.3) is 10.9 Å². The molecule has 3 N–H and O–H groups in total. The van der Waals surface area contributed by atoms with Gasteiger partial charge in [-0.15, -0.1) is 24.0 Å². The van der Waals surface area contributed by atoms with Crippen LogP contribution in [-0.2, 0) is 0 Å². The number of aromatic nitrogens is 1. The average Bonchev–Trinajstić information content (AvgIpc) is 2.81. The minimum absolute atomic E-state index is 0. The Hall–Kier alpha value is -1.22. The summed E-state index contributed by atoms with van der Waals surface area (Å²) in [6.45, 7) is 3.87. The molecule has 0 saturated carbocycles. The maximum absolute atomic E-state index is 5.68. The number of thioether (sulfide) groups is 1. The molecular weight excluding hydrogens is 375 g/mol. The maximum atomic E-state index is 5.68. The first-order chi connectivity index (χ1) is 8.65. The third kappa shape index (κ3) is 3.41. The molecule has 19 heavy (non-hydrogen) atoms. The molecule has 7 heteroatoms. The zero-order valence-corrected chi connectivity index (χ0v) is 13.9. The van der Waals surface area contributed by atoms with Gasteiger partial charge in [0.2, 0.25) is 5.17 Å². The van der Waals surface area contributed by atoms with Crippen molar-refractivity contribution < 1.29 is 9.42 Å². The summed E-state index contributed by atoms with van der Waals surface area (Å²) in [4.78, 5) is 3.16. The van der Waals surface area contributed by atoms with Crippen LogP contribution in [-0.4, -0.2) is 34.9 Å². The van der Waals surface area contributed by atoms with Gasteiger partial charge in [0.15, 0.2) is 6.72 Å². The second kappa shape index (κ2) is 6.80. The molecule has 2 aromatic rings. The van der Waals surface area contributed by atoms with E-state index in [1.165, 1.54) is 16.4 Å². The van der Waals surface area contributed by atoms with Gasteiger partial charge in [-0.1, -0.05) is 16.4 Å². The van der Waals surface area contributed by atoms with E-state index < -0.39 is 0 Å². The summed E-state index contributed by atoms with van der Waals surface area (Å²) < 4.78 is 6.72. The highest BCUT2D eigenvalue weighted by atomic mass is 127. The minimum atomic E-state index is 0. The van der Waals surface area contributed by atoms with Gasteiger partial charge in [0.1, 0.15) is 5.75 Å². The second-order valence-electron chi connectivity index (χ2n) is 3.63. The molecule has 1 heterocycles. The smallest absolute Gasteiger partial charge is 0.262 e. The normalized spacial score (nSPS) is 11.2. The van der Waals surface area contributed by atoms with Gasteiger partial charge < -0.3 is 15.5 Å². The number of benzene rings is 1. The molecule has 0 unspecified atom stereocenters. The van der Waals surface area contributed by atoms with Crippen LogP contribution in [0.4, 0.5) is 5.69 Å². The van der Waals surface area contributed by atoms with Crippen molar-refractivity contribution in [3.63, 3.8) is 0 Å². The average molecular weight is 391 g/mol. The number of ether oxygens (including phenoxy) is 1. The van der Waals surface area contributed by atoms with Crippen molar-refractivity contribution in [3.05, 3.63) is 24.4 Å². The Kier molecular flexibility index (Phi) is 5.67. The lowest BCUT2D eigenvalue weighted by atomic mass is 10.2. The van der Waals surface area contributed by atoms with Gasteiger partial charge in [-0.2, -0.15) is 0 Å². The zero-order valence-electron chi connectivity index (χ0n) is 10.7. The lowest BCUT2D eigenvalue weighted by Gasteiger charge is -1.98. The van der Waals surface area contributed by atoms with Crippen LogP contribution in [0.15, 0.2) is 29.5 Å². The number of hydrazone groups is 1. The predicted octanol–water partition coefficient (Wildman–Crippen LogP) is 2.73. The van der Waals surface area contributed by atoms with E-state index in [2.05, 4.69) is 16.8 Å². The van der Waals surface area contributed by atoms with Crippen molar-refractivity contribution in [2.75, 3.05) is 13.4 Å². The van der Waals surface area contributed by atoms with Crippen LogP contribution >= 0.6 is 35.7 Å². The highest BCUT2D eigenvalue weighted by molar-refractivity contribution is 14.0. The lowest BCUT2D eigenvalue weighted by Crippen LogP contribution is -2.09. The highest BCUT2D eigenvalue weighted by Crippen LogP contribution is 2.28. The summed E-state index contributed by atoms with van der Waals surface area (Å²) in [5.74, 6) is 0.790. The molecule has 1 aromatic carbocycles. The summed E-state index contributed by atoms with van der Waals surface area (Å²) in [5.41, 5.74) is 7.52. The molecular formula is C12H16IN4OS+. The molecule has 0 bridgehead atoms. The van der Waals surface area contributed by atoms with Crippen LogP contribution in [0.3, 0.4) is 0 Å². The summed E-state index contributed by atoms with van der Waals surface area (Å²) >= 11 is 1.37.